The lowest BCUT2D eigenvalue weighted by molar-refractivity contribution is 0.132. The standard InChI is InChI=1S/C13H23N3O3S/c1-13(2,3)7-9(17)8-16-12-6-10(20(15,18)19)4-5-11(12)14/h4-6,9,16-17H,7-8,14H2,1-3H3,(H2,15,18,19). The lowest BCUT2D eigenvalue weighted by atomic mass is 9.89. The number of hydrogen-bond donors (Lipinski definition) is 4. The number of aliphatic hydroxyl groups excluding tert-OH is 1. The van der Waals surface area contributed by atoms with E-state index in [4.69, 9.17) is 10.9 Å². The Bertz CT molecular complexity index is 565. The molecule has 6 nitrogen and oxygen atoms in total. The number of benzene rings is 1. The number of nitrogens with two attached hydrogens (primary N) is 2. The van der Waals surface area contributed by atoms with E-state index in [2.05, 4.69) is 5.32 Å². The van der Waals surface area contributed by atoms with Gasteiger partial charge >= 0.3 is 0 Å². The van der Waals surface area contributed by atoms with E-state index < -0.39 is 16.1 Å². The molecule has 1 aromatic carbocycles. The van der Waals surface area contributed by atoms with Crippen molar-refractivity contribution in [3.05, 3.63) is 18.2 Å². The van der Waals surface area contributed by atoms with Crippen molar-refractivity contribution in [1.29, 1.82) is 0 Å². The number of nitrogen functional groups attached to an aromatic ring is 1. The summed E-state index contributed by atoms with van der Waals surface area (Å²) in [7, 11) is -3.77. The highest BCUT2D eigenvalue weighted by molar-refractivity contribution is 7.89. The van der Waals surface area contributed by atoms with Gasteiger partial charge in [-0.3, -0.25) is 0 Å². The van der Waals surface area contributed by atoms with E-state index >= 15 is 0 Å². The number of rotatable bonds is 5. The average Bonchev–Trinajstić information content (AvgIpc) is 2.24. The third kappa shape index (κ3) is 5.36. The number of aliphatic hydroxyl groups is 1. The van der Waals surface area contributed by atoms with Crippen LogP contribution in [-0.2, 0) is 10.0 Å². The van der Waals surface area contributed by atoms with Gasteiger partial charge in [0.2, 0.25) is 10.0 Å². The molecule has 114 valence electrons. The summed E-state index contributed by atoms with van der Waals surface area (Å²) in [6, 6.07) is 4.19. The van der Waals surface area contributed by atoms with E-state index in [0.717, 1.165) is 0 Å². The maximum atomic E-state index is 11.3. The zero-order valence-corrected chi connectivity index (χ0v) is 12.9. The normalized spacial score (nSPS) is 14.1. The Kier molecular flexibility index (Phi) is 5.01. The lowest BCUT2D eigenvalue weighted by Gasteiger charge is -2.23. The Hall–Kier alpha value is -1.31. The summed E-state index contributed by atoms with van der Waals surface area (Å²) in [4.78, 5) is -0.0143. The van der Waals surface area contributed by atoms with Crippen LogP contribution in [0.15, 0.2) is 23.1 Å². The molecule has 1 aromatic rings. The molecule has 0 aliphatic carbocycles. The lowest BCUT2D eigenvalue weighted by Crippen LogP contribution is -2.25. The van der Waals surface area contributed by atoms with Crippen molar-refractivity contribution in [1.82, 2.24) is 0 Å². The molecule has 0 aliphatic rings. The van der Waals surface area contributed by atoms with Gasteiger partial charge in [0.25, 0.3) is 0 Å². The van der Waals surface area contributed by atoms with Gasteiger partial charge in [-0.2, -0.15) is 0 Å². The fourth-order valence-electron chi connectivity index (χ4n) is 1.87. The Labute approximate surface area is 120 Å². The molecule has 0 fully saturated rings. The van der Waals surface area contributed by atoms with Crippen LogP contribution in [0.3, 0.4) is 0 Å². The molecule has 0 heterocycles. The minimum atomic E-state index is -3.77. The third-order valence-corrected chi connectivity index (χ3v) is 3.64. The average molecular weight is 301 g/mol. The van der Waals surface area contributed by atoms with Gasteiger partial charge in [-0.05, 0) is 30.0 Å². The van der Waals surface area contributed by atoms with Crippen LogP contribution in [0.5, 0.6) is 0 Å². The van der Waals surface area contributed by atoms with E-state index in [1.165, 1.54) is 18.2 Å². The van der Waals surface area contributed by atoms with Crippen molar-refractivity contribution in [2.45, 2.75) is 38.2 Å². The largest absolute Gasteiger partial charge is 0.397 e. The molecule has 0 saturated carbocycles. The molecule has 20 heavy (non-hydrogen) atoms. The number of hydrogen-bond acceptors (Lipinski definition) is 5. The Morgan fingerprint density at radius 1 is 1.35 bits per heavy atom. The van der Waals surface area contributed by atoms with E-state index in [1.807, 2.05) is 20.8 Å². The summed E-state index contributed by atoms with van der Waals surface area (Å²) in [5.41, 5.74) is 6.63. The highest BCUT2D eigenvalue weighted by Gasteiger charge is 2.17. The molecular formula is C13H23N3O3S. The first-order valence-electron chi connectivity index (χ1n) is 6.33. The summed E-state index contributed by atoms with van der Waals surface area (Å²) in [5.74, 6) is 0. The molecule has 0 bridgehead atoms. The van der Waals surface area contributed by atoms with Crippen LogP contribution in [0.25, 0.3) is 0 Å². The monoisotopic (exact) mass is 301 g/mol. The summed E-state index contributed by atoms with van der Waals surface area (Å²) >= 11 is 0. The molecule has 1 rings (SSSR count). The highest BCUT2D eigenvalue weighted by Crippen LogP contribution is 2.24. The first-order chi connectivity index (χ1) is 8.99. The number of nitrogens with one attached hydrogen (secondary N) is 1. The molecule has 0 saturated heterocycles. The van der Waals surface area contributed by atoms with Gasteiger partial charge in [-0.25, -0.2) is 13.6 Å². The molecule has 7 heteroatoms. The molecule has 0 spiro atoms. The summed E-state index contributed by atoms with van der Waals surface area (Å²) in [5, 5.41) is 17.9. The van der Waals surface area contributed by atoms with Crippen molar-refractivity contribution >= 4 is 21.4 Å². The van der Waals surface area contributed by atoms with Gasteiger partial charge in [0.1, 0.15) is 0 Å². The Morgan fingerprint density at radius 3 is 2.45 bits per heavy atom. The smallest absolute Gasteiger partial charge is 0.238 e. The van der Waals surface area contributed by atoms with Crippen LogP contribution >= 0.6 is 0 Å². The zero-order chi connectivity index (χ0) is 15.6. The molecule has 0 aliphatic heterocycles. The van der Waals surface area contributed by atoms with Crippen molar-refractivity contribution in [3.63, 3.8) is 0 Å². The van der Waals surface area contributed by atoms with E-state index in [0.29, 0.717) is 17.8 Å². The predicted molar refractivity (Wildman–Crippen MR) is 80.8 cm³/mol. The fourth-order valence-corrected chi connectivity index (χ4v) is 2.41. The molecule has 6 N–H and O–H groups in total. The topological polar surface area (TPSA) is 118 Å². The van der Waals surface area contributed by atoms with Crippen LogP contribution in [0.1, 0.15) is 27.2 Å². The summed E-state index contributed by atoms with van der Waals surface area (Å²) < 4.78 is 22.6. The van der Waals surface area contributed by atoms with E-state index in [9.17, 15) is 13.5 Å². The molecule has 0 amide bonds. The molecular weight excluding hydrogens is 278 g/mol. The maximum Gasteiger partial charge on any atom is 0.238 e. The second-order valence-corrected chi connectivity index (χ2v) is 7.65. The van der Waals surface area contributed by atoms with Gasteiger partial charge in [0.15, 0.2) is 0 Å². The van der Waals surface area contributed by atoms with Crippen molar-refractivity contribution in [3.8, 4) is 0 Å². The summed E-state index contributed by atoms with van der Waals surface area (Å²) in [6.07, 6.45) is 0.0713. The fraction of sp³-hybridized carbons (Fsp3) is 0.538. The van der Waals surface area contributed by atoms with E-state index in [-0.39, 0.29) is 16.9 Å². The predicted octanol–water partition coefficient (Wildman–Crippen LogP) is 1.13. The zero-order valence-electron chi connectivity index (χ0n) is 12.1. The first-order valence-corrected chi connectivity index (χ1v) is 7.88. The van der Waals surface area contributed by atoms with Crippen molar-refractivity contribution < 1.29 is 13.5 Å². The number of primary sulfonamides is 1. The molecule has 1 atom stereocenters. The minimum absolute atomic E-state index is 0.00902. The Balaban J connectivity index is 2.78. The number of sulfonamides is 1. The summed E-state index contributed by atoms with van der Waals surface area (Å²) in [6.45, 7) is 6.39. The minimum Gasteiger partial charge on any atom is -0.397 e. The SMILES string of the molecule is CC(C)(C)CC(O)CNc1cc(S(N)(=O)=O)ccc1N. The van der Waals surface area contributed by atoms with Crippen LogP contribution in [0.4, 0.5) is 11.4 Å². The highest BCUT2D eigenvalue weighted by atomic mass is 32.2. The van der Waals surface area contributed by atoms with Crippen LogP contribution in [0.2, 0.25) is 0 Å². The van der Waals surface area contributed by atoms with Crippen LogP contribution in [-0.4, -0.2) is 26.2 Å². The van der Waals surface area contributed by atoms with E-state index in [1.54, 1.807) is 0 Å². The molecule has 0 radical (unpaired) electrons. The van der Waals surface area contributed by atoms with Gasteiger partial charge in [0.05, 0.1) is 22.4 Å². The quantitative estimate of drug-likeness (QED) is 0.608. The van der Waals surface area contributed by atoms with Crippen LogP contribution < -0.4 is 16.2 Å². The second-order valence-electron chi connectivity index (χ2n) is 6.09. The van der Waals surface area contributed by atoms with Crippen molar-refractivity contribution in [2.24, 2.45) is 10.6 Å². The van der Waals surface area contributed by atoms with Crippen molar-refractivity contribution in [2.75, 3.05) is 17.6 Å². The van der Waals surface area contributed by atoms with Gasteiger partial charge < -0.3 is 16.2 Å². The Morgan fingerprint density at radius 2 is 1.95 bits per heavy atom. The number of anilines is 2. The second kappa shape index (κ2) is 5.99. The maximum absolute atomic E-state index is 11.3. The molecule has 0 aromatic heterocycles. The van der Waals surface area contributed by atoms with Crippen LogP contribution in [0, 0.1) is 5.41 Å². The van der Waals surface area contributed by atoms with Gasteiger partial charge in [-0.1, -0.05) is 20.8 Å². The molecule has 1 unspecified atom stereocenters. The van der Waals surface area contributed by atoms with Gasteiger partial charge in [-0.15, -0.1) is 0 Å². The van der Waals surface area contributed by atoms with Gasteiger partial charge in [0, 0.05) is 6.54 Å². The third-order valence-electron chi connectivity index (χ3n) is 2.73. The first kappa shape index (κ1) is 16.7.